The molecule has 7 heteroatoms. The highest BCUT2D eigenvalue weighted by Crippen LogP contribution is 2.38. The van der Waals surface area contributed by atoms with Crippen molar-refractivity contribution in [2.75, 3.05) is 14.2 Å². The smallest absolute Gasteiger partial charge is 0.382 e. The van der Waals surface area contributed by atoms with Gasteiger partial charge in [-0.3, -0.25) is 0 Å². The van der Waals surface area contributed by atoms with E-state index in [0.717, 1.165) is 12.1 Å². The Bertz CT molecular complexity index is 512. The Balaban J connectivity index is 2.23. The molecule has 2 rings (SSSR count). The van der Waals surface area contributed by atoms with Gasteiger partial charge in [-0.1, -0.05) is 12.1 Å². The van der Waals surface area contributed by atoms with Crippen LogP contribution in [0.2, 0.25) is 0 Å². The largest absolute Gasteiger partial charge is 0.416 e. The van der Waals surface area contributed by atoms with Gasteiger partial charge in [-0.15, -0.1) is 0 Å². The Labute approximate surface area is 119 Å². The number of benzene rings is 1. The first-order valence-electron chi connectivity index (χ1n) is 6.13. The van der Waals surface area contributed by atoms with Gasteiger partial charge in [0.15, 0.2) is 6.29 Å². The molecule has 0 saturated heterocycles. The molecule has 0 spiro atoms. The minimum atomic E-state index is -4.42. The maximum absolute atomic E-state index is 12.5. The first-order valence-corrected chi connectivity index (χ1v) is 6.13. The Morgan fingerprint density at radius 3 is 2.29 bits per heavy atom. The van der Waals surface area contributed by atoms with Crippen molar-refractivity contribution >= 4 is 0 Å². The van der Waals surface area contributed by atoms with Crippen LogP contribution in [0.5, 0.6) is 0 Å². The summed E-state index contributed by atoms with van der Waals surface area (Å²) in [5.41, 5.74) is -0.547. The molecule has 0 aromatic heterocycles. The minimum absolute atomic E-state index is 0.242. The molecule has 1 aromatic rings. The topological polar surface area (TPSA) is 47.9 Å². The summed E-state index contributed by atoms with van der Waals surface area (Å²) in [6.07, 6.45) is -3.37. The van der Waals surface area contributed by atoms with Crippen molar-refractivity contribution in [3.63, 3.8) is 0 Å². The van der Waals surface area contributed by atoms with E-state index in [9.17, 15) is 18.3 Å². The summed E-state index contributed by atoms with van der Waals surface area (Å²) in [5.74, 6) is -1.49. The monoisotopic (exact) mass is 304 g/mol. The zero-order valence-electron chi connectivity index (χ0n) is 11.4. The van der Waals surface area contributed by atoms with Gasteiger partial charge in [-0.05, 0) is 29.8 Å². The van der Waals surface area contributed by atoms with Gasteiger partial charge in [-0.2, -0.15) is 13.2 Å². The molecule has 3 unspecified atom stereocenters. The molecule has 4 nitrogen and oxygen atoms in total. The average Bonchev–Trinajstić information content (AvgIpc) is 2.90. The van der Waals surface area contributed by atoms with Gasteiger partial charge in [0, 0.05) is 14.2 Å². The van der Waals surface area contributed by atoms with Gasteiger partial charge in [0.05, 0.1) is 5.56 Å². The molecule has 1 heterocycles. The molecule has 0 bridgehead atoms. The van der Waals surface area contributed by atoms with Crippen molar-refractivity contribution in [2.45, 2.75) is 24.4 Å². The number of ether oxygens (including phenoxy) is 3. The van der Waals surface area contributed by atoms with Crippen LogP contribution in [-0.2, 0) is 20.4 Å². The zero-order valence-corrected chi connectivity index (χ0v) is 11.4. The fourth-order valence-corrected chi connectivity index (χ4v) is 2.07. The van der Waals surface area contributed by atoms with Gasteiger partial charge < -0.3 is 19.3 Å². The second-order valence-electron chi connectivity index (χ2n) is 4.53. The maximum atomic E-state index is 12.5. The highest BCUT2D eigenvalue weighted by molar-refractivity contribution is 5.29. The zero-order chi connectivity index (χ0) is 15.7. The Morgan fingerprint density at radius 1 is 1.24 bits per heavy atom. The predicted molar refractivity (Wildman–Crippen MR) is 67.2 cm³/mol. The second-order valence-corrected chi connectivity index (χ2v) is 4.53. The Kier molecular flexibility index (Phi) is 4.38. The van der Waals surface area contributed by atoms with Gasteiger partial charge in [0.25, 0.3) is 0 Å². The molecule has 116 valence electrons. The van der Waals surface area contributed by atoms with Gasteiger partial charge in [0.2, 0.25) is 5.79 Å². The van der Waals surface area contributed by atoms with Crippen molar-refractivity contribution in [1.29, 1.82) is 0 Å². The number of rotatable bonds is 4. The second kappa shape index (κ2) is 5.76. The normalized spacial score (nSPS) is 27.0. The standard InChI is InChI=1S/C14H15F3O4/c1-19-11-7-8-13(20-2,21-11)12(18)9-3-5-10(6-4-9)14(15,16)17/h3-8,11-12,18H,1-2H3. The van der Waals surface area contributed by atoms with Crippen LogP contribution in [0, 0.1) is 0 Å². The molecule has 0 amide bonds. The maximum Gasteiger partial charge on any atom is 0.416 e. The first-order chi connectivity index (χ1) is 9.82. The van der Waals surface area contributed by atoms with Crippen molar-refractivity contribution in [2.24, 2.45) is 0 Å². The van der Waals surface area contributed by atoms with Crippen molar-refractivity contribution in [1.82, 2.24) is 0 Å². The van der Waals surface area contributed by atoms with E-state index in [4.69, 9.17) is 14.2 Å². The lowest BCUT2D eigenvalue weighted by Crippen LogP contribution is -2.39. The lowest BCUT2D eigenvalue weighted by Gasteiger charge is -2.32. The predicted octanol–water partition coefficient (Wildman–Crippen LogP) is 2.64. The molecule has 1 N–H and O–H groups in total. The summed E-state index contributed by atoms with van der Waals surface area (Å²) in [4.78, 5) is 0. The molecular weight excluding hydrogens is 289 g/mol. The van der Waals surface area contributed by atoms with Crippen LogP contribution < -0.4 is 0 Å². The Hall–Kier alpha value is -1.41. The molecular formula is C14H15F3O4. The molecule has 1 aliphatic heterocycles. The number of alkyl halides is 3. The van der Waals surface area contributed by atoms with Crippen LogP contribution in [0.15, 0.2) is 36.4 Å². The number of hydrogen-bond donors (Lipinski definition) is 1. The van der Waals surface area contributed by atoms with Crippen LogP contribution >= 0.6 is 0 Å². The van der Waals surface area contributed by atoms with E-state index in [0.29, 0.717) is 0 Å². The number of aliphatic hydroxyl groups is 1. The summed E-state index contributed by atoms with van der Waals surface area (Å²) in [5, 5.41) is 10.3. The van der Waals surface area contributed by atoms with E-state index >= 15 is 0 Å². The molecule has 1 aliphatic rings. The highest BCUT2D eigenvalue weighted by Gasteiger charge is 2.44. The molecule has 1 aromatic carbocycles. The molecule has 0 radical (unpaired) electrons. The summed E-state index contributed by atoms with van der Waals surface area (Å²) in [7, 11) is 2.75. The van der Waals surface area contributed by atoms with E-state index in [-0.39, 0.29) is 5.56 Å². The van der Waals surface area contributed by atoms with Crippen molar-refractivity contribution < 1.29 is 32.5 Å². The minimum Gasteiger partial charge on any atom is -0.382 e. The number of halogens is 3. The highest BCUT2D eigenvalue weighted by atomic mass is 19.4. The SMILES string of the molecule is COC1C=CC(OC)(C(O)c2ccc(C(F)(F)F)cc2)O1. The van der Waals surface area contributed by atoms with Gasteiger partial charge in [-0.25, -0.2) is 0 Å². The molecule has 21 heavy (non-hydrogen) atoms. The fraction of sp³-hybridized carbons (Fsp3) is 0.429. The summed E-state index contributed by atoms with van der Waals surface area (Å²) in [6.45, 7) is 0. The number of hydrogen-bond acceptors (Lipinski definition) is 4. The van der Waals surface area contributed by atoms with E-state index in [1.807, 2.05) is 0 Å². The summed E-state index contributed by atoms with van der Waals surface area (Å²) >= 11 is 0. The molecule has 0 saturated carbocycles. The van der Waals surface area contributed by atoms with E-state index in [1.54, 1.807) is 6.08 Å². The lowest BCUT2D eigenvalue weighted by atomic mass is 10.00. The molecule has 0 fully saturated rings. The van der Waals surface area contributed by atoms with Gasteiger partial charge in [0.1, 0.15) is 6.10 Å². The summed E-state index contributed by atoms with van der Waals surface area (Å²) < 4.78 is 53.1. The van der Waals surface area contributed by atoms with Crippen molar-refractivity contribution in [3.8, 4) is 0 Å². The van der Waals surface area contributed by atoms with Crippen molar-refractivity contribution in [3.05, 3.63) is 47.5 Å². The third kappa shape index (κ3) is 3.11. The number of methoxy groups -OCH3 is 2. The lowest BCUT2D eigenvalue weighted by molar-refractivity contribution is -0.281. The van der Waals surface area contributed by atoms with Crippen LogP contribution in [0.25, 0.3) is 0 Å². The number of aliphatic hydroxyl groups excluding tert-OH is 1. The third-order valence-corrected chi connectivity index (χ3v) is 3.27. The summed E-state index contributed by atoms with van der Waals surface area (Å²) in [6, 6.07) is 4.17. The average molecular weight is 304 g/mol. The van der Waals surface area contributed by atoms with Crippen LogP contribution in [-0.4, -0.2) is 31.4 Å². The van der Waals surface area contributed by atoms with E-state index in [1.165, 1.54) is 32.4 Å². The van der Waals surface area contributed by atoms with Crippen LogP contribution in [0.1, 0.15) is 17.2 Å². The molecule has 3 atom stereocenters. The van der Waals surface area contributed by atoms with E-state index in [2.05, 4.69) is 0 Å². The third-order valence-electron chi connectivity index (χ3n) is 3.27. The van der Waals surface area contributed by atoms with Crippen LogP contribution in [0.3, 0.4) is 0 Å². The Morgan fingerprint density at radius 2 is 1.86 bits per heavy atom. The quantitative estimate of drug-likeness (QED) is 0.869. The van der Waals surface area contributed by atoms with Gasteiger partial charge >= 0.3 is 6.18 Å². The first kappa shape index (κ1) is 16.0. The van der Waals surface area contributed by atoms with Crippen LogP contribution in [0.4, 0.5) is 13.2 Å². The van der Waals surface area contributed by atoms with E-state index < -0.39 is 29.9 Å². The fourth-order valence-electron chi connectivity index (χ4n) is 2.07. The molecule has 0 aliphatic carbocycles.